The van der Waals surface area contributed by atoms with Crippen LogP contribution >= 0.6 is 0 Å². The third-order valence-electron chi connectivity index (χ3n) is 5.88. The Morgan fingerprint density at radius 3 is 2.28 bits per heavy atom. The fourth-order valence-electron chi connectivity index (χ4n) is 4.13. The number of nitriles is 1. The zero-order valence-electron chi connectivity index (χ0n) is 25.8. The van der Waals surface area contributed by atoms with Crippen LogP contribution in [0.25, 0.3) is 11.3 Å². The van der Waals surface area contributed by atoms with Gasteiger partial charge >= 0.3 is 18.2 Å². The SMILES string of the molecule is CC=C1C(=O)OCC(Oc2nc(-c3c(CN(C(=O)OC(C)(C)C)C(=O)OC(C)(C)C)nn(C)c3C#N)cnc2N)C1=CC. The first-order valence-corrected chi connectivity index (χ1v) is 13.5. The minimum atomic E-state index is -0.963. The van der Waals surface area contributed by atoms with Gasteiger partial charge in [-0.2, -0.15) is 10.4 Å². The third-order valence-corrected chi connectivity index (χ3v) is 5.88. The highest BCUT2D eigenvalue weighted by Gasteiger charge is 2.35. The van der Waals surface area contributed by atoms with Gasteiger partial charge in [0.25, 0.3) is 5.88 Å². The van der Waals surface area contributed by atoms with Gasteiger partial charge in [0, 0.05) is 12.6 Å². The highest BCUT2D eigenvalue weighted by Crippen LogP contribution is 2.32. The van der Waals surface area contributed by atoms with Crippen molar-refractivity contribution < 1.29 is 33.3 Å². The standard InChI is InChI=1S/C29H37N7O7/c1-10-16-17(11-2)25(37)40-15-21(16)41-24-23(31)32-13-18(33-24)22-19(34-35(9)20(22)12-30)14-36(26(38)42-28(3,4)5)27(39)43-29(6,7)8/h10-11,13,21H,14-15H2,1-9H3,(H2,31,32). The van der Waals surface area contributed by atoms with E-state index in [0.717, 1.165) is 4.90 Å². The molecule has 1 fully saturated rings. The van der Waals surface area contributed by atoms with E-state index in [1.54, 1.807) is 67.5 Å². The van der Waals surface area contributed by atoms with Gasteiger partial charge in [-0.15, -0.1) is 0 Å². The molecule has 2 aromatic rings. The van der Waals surface area contributed by atoms with Crippen LogP contribution in [0, 0.1) is 11.3 Å². The van der Waals surface area contributed by atoms with Gasteiger partial charge in [-0.25, -0.2) is 29.3 Å². The van der Waals surface area contributed by atoms with E-state index in [1.807, 2.05) is 0 Å². The molecule has 0 aliphatic carbocycles. The second-order valence-corrected chi connectivity index (χ2v) is 11.5. The van der Waals surface area contributed by atoms with Crippen LogP contribution in [0.5, 0.6) is 5.88 Å². The Labute approximate surface area is 250 Å². The van der Waals surface area contributed by atoms with Crippen molar-refractivity contribution in [3.05, 3.63) is 40.9 Å². The summed E-state index contributed by atoms with van der Waals surface area (Å²) in [5, 5.41) is 14.4. The molecule has 2 aromatic heterocycles. The van der Waals surface area contributed by atoms with Gasteiger partial charge in [0.1, 0.15) is 29.6 Å². The Hall–Kier alpha value is -4.93. The molecule has 0 spiro atoms. The number of allylic oxidation sites excluding steroid dienone is 2. The molecule has 0 bridgehead atoms. The van der Waals surface area contributed by atoms with Crippen LogP contribution in [0.15, 0.2) is 29.5 Å². The molecule has 1 aliphatic rings. The minimum Gasteiger partial charge on any atom is -0.463 e. The van der Waals surface area contributed by atoms with Crippen molar-refractivity contribution in [2.45, 2.75) is 79.2 Å². The van der Waals surface area contributed by atoms with Crippen molar-refractivity contribution in [1.82, 2.24) is 24.6 Å². The highest BCUT2D eigenvalue weighted by atomic mass is 16.6. The average Bonchev–Trinajstić information content (AvgIpc) is 3.21. The first-order valence-electron chi connectivity index (χ1n) is 13.5. The Morgan fingerprint density at radius 1 is 1.16 bits per heavy atom. The number of cyclic esters (lactones) is 1. The molecule has 3 rings (SSSR count). The molecule has 0 radical (unpaired) electrons. The molecule has 230 valence electrons. The van der Waals surface area contributed by atoms with Gasteiger partial charge < -0.3 is 24.7 Å². The number of imide groups is 1. The zero-order chi connectivity index (χ0) is 32.3. The number of amides is 2. The van der Waals surface area contributed by atoms with Crippen molar-refractivity contribution >= 4 is 24.0 Å². The van der Waals surface area contributed by atoms with Crippen LogP contribution in [-0.4, -0.2) is 66.7 Å². The molecule has 0 aromatic carbocycles. The maximum atomic E-state index is 13.1. The number of esters is 1. The summed E-state index contributed by atoms with van der Waals surface area (Å²) >= 11 is 0. The van der Waals surface area contributed by atoms with Crippen LogP contribution < -0.4 is 10.5 Å². The fraction of sp³-hybridized carbons (Fsp3) is 0.483. The van der Waals surface area contributed by atoms with Crippen LogP contribution in [0.4, 0.5) is 15.4 Å². The van der Waals surface area contributed by atoms with Crippen molar-refractivity contribution in [2.75, 3.05) is 12.3 Å². The van der Waals surface area contributed by atoms with E-state index >= 15 is 0 Å². The predicted molar refractivity (Wildman–Crippen MR) is 154 cm³/mol. The van der Waals surface area contributed by atoms with E-state index in [1.165, 1.54) is 17.9 Å². The number of hydrogen-bond acceptors (Lipinski definition) is 12. The van der Waals surface area contributed by atoms with Gasteiger partial charge in [-0.1, -0.05) is 12.2 Å². The number of aromatic nitrogens is 4. The largest absolute Gasteiger partial charge is 0.463 e. The highest BCUT2D eigenvalue weighted by molar-refractivity contribution is 5.94. The summed E-state index contributed by atoms with van der Waals surface area (Å²) in [5.74, 6) is -0.599. The number of ether oxygens (including phenoxy) is 4. The molecule has 1 saturated heterocycles. The van der Waals surface area contributed by atoms with Gasteiger partial charge in [-0.3, -0.25) is 4.68 Å². The number of nitrogens with zero attached hydrogens (tertiary/aromatic N) is 6. The Bertz CT molecular complexity index is 1490. The van der Waals surface area contributed by atoms with Gasteiger partial charge in [0.05, 0.1) is 35.3 Å². The van der Waals surface area contributed by atoms with Crippen LogP contribution in [0.3, 0.4) is 0 Å². The number of aryl methyl sites for hydroxylation is 1. The summed E-state index contributed by atoms with van der Waals surface area (Å²) in [6.07, 6.45) is 2.04. The van der Waals surface area contributed by atoms with E-state index in [2.05, 4.69) is 21.1 Å². The summed E-state index contributed by atoms with van der Waals surface area (Å²) in [7, 11) is 1.53. The topological polar surface area (TPSA) is 185 Å². The Morgan fingerprint density at radius 2 is 1.77 bits per heavy atom. The molecule has 3 heterocycles. The summed E-state index contributed by atoms with van der Waals surface area (Å²) in [4.78, 5) is 48.0. The van der Waals surface area contributed by atoms with E-state index in [4.69, 9.17) is 24.7 Å². The number of carbonyl (C=O) groups excluding carboxylic acids is 3. The molecule has 1 atom stereocenters. The number of nitrogens with two attached hydrogens (primary N) is 1. The lowest BCUT2D eigenvalue weighted by atomic mass is 9.98. The van der Waals surface area contributed by atoms with Crippen molar-refractivity contribution in [1.29, 1.82) is 5.26 Å². The van der Waals surface area contributed by atoms with E-state index in [-0.39, 0.29) is 40.9 Å². The van der Waals surface area contributed by atoms with E-state index < -0.39 is 42.0 Å². The van der Waals surface area contributed by atoms with Gasteiger partial charge in [0.15, 0.2) is 11.9 Å². The third kappa shape index (κ3) is 7.68. The molecule has 2 amide bonds. The van der Waals surface area contributed by atoms with E-state index in [0.29, 0.717) is 11.1 Å². The minimum absolute atomic E-state index is 0.0498. The molecule has 2 N–H and O–H groups in total. The van der Waals surface area contributed by atoms with Crippen LogP contribution in [0.2, 0.25) is 0 Å². The summed E-state index contributed by atoms with van der Waals surface area (Å²) < 4.78 is 23.5. The molecule has 43 heavy (non-hydrogen) atoms. The normalized spacial score (nSPS) is 17.3. The predicted octanol–water partition coefficient (Wildman–Crippen LogP) is 4.20. The van der Waals surface area contributed by atoms with Gasteiger partial charge in [0.2, 0.25) is 0 Å². The lowest BCUT2D eigenvalue weighted by Gasteiger charge is -2.28. The second-order valence-electron chi connectivity index (χ2n) is 11.5. The Kier molecular flexibility index (Phi) is 9.49. The van der Waals surface area contributed by atoms with E-state index in [9.17, 15) is 19.6 Å². The number of rotatable bonds is 5. The molecule has 1 unspecified atom stereocenters. The molecule has 14 heteroatoms. The van der Waals surface area contributed by atoms with Crippen molar-refractivity contribution in [3.63, 3.8) is 0 Å². The van der Waals surface area contributed by atoms with Crippen molar-refractivity contribution in [3.8, 4) is 23.2 Å². The molecule has 0 saturated carbocycles. The molecule has 1 aliphatic heterocycles. The van der Waals surface area contributed by atoms with Crippen LogP contribution in [-0.2, 0) is 32.6 Å². The zero-order valence-corrected chi connectivity index (χ0v) is 25.8. The summed E-state index contributed by atoms with van der Waals surface area (Å²) in [5.41, 5.74) is 5.76. The lowest BCUT2D eigenvalue weighted by molar-refractivity contribution is -0.142. The Balaban J connectivity index is 2.08. The monoisotopic (exact) mass is 595 g/mol. The summed E-state index contributed by atoms with van der Waals surface area (Å²) in [6.45, 7) is 13.0. The summed E-state index contributed by atoms with van der Waals surface area (Å²) in [6, 6.07) is 2.08. The first-order chi connectivity index (χ1) is 20.0. The molecule has 14 nitrogen and oxygen atoms in total. The lowest BCUT2D eigenvalue weighted by Crippen LogP contribution is -2.43. The van der Waals surface area contributed by atoms with Gasteiger partial charge in [-0.05, 0) is 55.4 Å². The first kappa shape index (κ1) is 32.6. The average molecular weight is 596 g/mol. The number of hydrogen-bond donors (Lipinski definition) is 1. The fourth-order valence-corrected chi connectivity index (χ4v) is 4.13. The number of nitrogen functional groups attached to an aromatic ring is 1. The second kappa shape index (κ2) is 12.5. The molecular formula is C29H37N7O7. The smallest absolute Gasteiger partial charge is 0.420 e. The maximum absolute atomic E-state index is 13.1. The van der Waals surface area contributed by atoms with Crippen LogP contribution in [0.1, 0.15) is 66.8 Å². The van der Waals surface area contributed by atoms with Crippen molar-refractivity contribution in [2.24, 2.45) is 7.05 Å². The quantitative estimate of drug-likeness (QED) is 0.295. The molecular weight excluding hydrogens is 558 g/mol. The number of carbonyl (C=O) groups is 3. The number of anilines is 1. The maximum Gasteiger partial charge on any atom is 0.420 e.